The highest BCUT2D eigenvalue weighted by molar-refractivity contribution is 7.49. The van der Waals surface area contributed by atoms with Crippen LogP contribution < -0.4 is 13.6 Å². The van der Waals surface area contributed by atoms with Crippen LogP contribution in [0.25, 0.3) is 0 Å². The van der Waals surface area contributed by atoms with E-state index in [9.17, 15) is 4.57 Å². The lowest BCUT2D eigenvalue weighted by Crippen LogP contribution is -2.08. The van der Waals surface area contributed by atoms with E-state index < -0.39 is 7.82 Å². The summed E-state index contributed by atoms with van der Waals surface area (Å²) in [7, 11) is -3.96. The first kappa shape index (κ1) is 18.1. The molecule has 0 bridgehead atoms. The molecule has 0 atom stereocenters. The molecule has 0 aliphatic carbocycles. The Hall–Kier alpha value is -2.71. The van der Waals surface area contributed by atoms with Crippen molar-refractivity contribution in [3.8, 4) is 17.2 Å². The smallest absolute Gasteiger partial charge is 0.386 e. The molecule has 0 saturated heterocycles. The molecule has 0 aliphatic heterocycles. The predicted octanol–water partition coefficient (Wildman–Crippen LogP) is 6.26. The first-order valence-corrected chi connectivity index (χ1v) is 9.78. The van der Waals surface area contributed by atoms with Crippen LogP contribution in [0, 0.1) is 20.8 Å². The summed E-state index contributed by atoms with van der Waals surface area (Å²) in [4.78, 5) is 0. The van der Waals surface area contributed by atoms with Crippen molar-refractivity contribution in [3.63, 3.8) is 0 Å². The quantitative estimate of drug-likeness (QED) is 0.482. The van der Waals surface area contributed by atoms with Crippen molar-refractivity contribution in [3.05, 3.63) is 89.5 Å². The van der Waals surface area contributed by atoms with Crippen molar-refractivity contribution < 1.29 is 18.1 Å². The topological polar surface area (TPSA) is 44.8 Å². The van der Waals surface area contributed by atoms with Gasteiger partial charge in [0.15, 0.2) is 0 Å². The van der Waals surface area contributed by atoms with Gasteiger partial charge in [-0.25, -0.2) is 0 Å². The molecule has 0 fully saturated rings. The molecule has 0 amide bonds. The Labute approximate surface area is 154 Å². The second-order valence-corrected chi connectivity index (χ2v) is 7.51. The monoisotopic (exact) mass is 368 g/mol. The lowest BCUT2D eigenvalue weighted by Gasteiger charge is -2.21. The van der Waals surface area contributed by atoms with E-state index in [-0.39, 0.29) is 0 Å². The van der Waals surface area contributed by atoms with E-state index in [4.69, 9.17) is 13.6 Å². The van der Waals surface area contributed by atoms with Crippen molar-refractivity contribution in [2.75, 3.05) is 0 Å². The zero-order valence-electron chi connectivity index (χ0n) is 15.0. The predicted molar refractivity (Wildman–Crippen MR) is 103 cm³/mol. The summed E-state index contributed by atoms with van der Waals surface area (Å²) < 4.78 is 30.7. The second kappa shape index (κ2) is 7.67. The summed E-state index contributed by atoms with van der Waals surface area (Å²) in [6.45, 7) is 5.68. The molecular formula is C21H21O4P. The standard InChI is InChI=1S/C21H21O4P/c1-16-9-8-12-19(15-16)23-26(22,24-20-13-6-4-10-17(20)2)25-21-14-7-5-11-18(21)3/h4-15H,1-3H3. The average Bonchev–Trinajstić information content (AvgIpc) is 2.59. The van der Waals surface area contributed by atoms with Crippen molar-refractivity contribution in [1.82, 2.24) is 0 Å². The summed E-state index contributed by atoms with van der Waals surface area (Å²) in [5.74, 6) is 1.34. The van der Waals surface area contributed by atoms with Crippen LogP contribution in [0.1, 0.15) is 16.7 Å². The zero-order valence-corrected chi connectivity index (χ0v) is 15.9. The molecule has 4 nitrogen and oxygen atoms in total. The van der Waals surface area contributed by atoms with Crippen molar-refractivity contribution in [1.29, 1.82) is 0 Å². The summed E-state index contributed by atoms with van der Waals surface area (Å²) in [5.41, 5.74) is 2.67. The molecule has 0 saturated carbocycles. The molecule has 0 aliphatic rings. The molecule has 0 heterocycles. The van der Waals surface area contributed by atoms with Gasteiger partial charge in [0.05, 0.1) is 0 Å². The Morgan fingerprint density at radius 2 is 1.19 bits per heavy atom. The number of benzene rings is 3. The molecule has 0 aromatic heterocycles. The minimum atomic E-state index is -3.96. The highest BCUT2D eigenvalue weighted by atomic mass is 31.2. The van der Waals surface area contributed by atoms with Crippen molar-refractivity contribution >= 4 is 7.82 Å². The second-order valence-electron chi connectivity index (χ2n) is 6.07. The summed E-state index contributed by atoms with van der Waals surface area (Å²) in [5, 5.41) is 0. The van der Waals surface area contributed by atoms with Crippen LogP contribution in [0.4, 0.5) is 0 Å². The summed E-state index contributed by atoms with van der Waals surface area (Å²) >= 11 is 0. The molecule has 0 radical (unpaired) electrons. The fourth-order valence-corrected chi connectivity index (χ4v) is 3.79. The van der Waals surface area contributed by atoms with Gasteiger partial charge in [-0.1, -0.05) is 48.5 Å². The molecule has 3 rings (SSSR count). The maximum absolute atomic E-state index is 13.5. The van der Waals surface area contributed by atoms with E-state index in [2.05, 4.69) is 0 Å². The van der Waals surface area contributed by atoms with Gasteiger partial charge >= 0.3 is 7.82 Å². The Morgan fingerprint density at radius 3 is 1.69 bits per heavy atom. The van der Waals surface area contributed by atoms with Crippen LogP contribution in [0.2, 0.25) is 0 Å². The van der Waals surface area contributed by atoms with Crippen molar-refractivity contribution in [2.45, 2.75) is 20.8 Å². The number of hydrogen-bond acceptors (Lipinski definition) is 4. The van der Waals surface area contributed by atoms with Crippen LogP contribution in [-0.4, -0.2) is 0 Å². The maximum atomic E-state index is 13.5. The Kier molecular flexibility index (Phi) is 5.34. The van der Waals surface area contributed by atoms with Crippen LogP contribution >= 0.6 is 7.82 Å². The number of hydrogen-bond donors (Lipinski definition) is 0. The fraction of sp³-hybridized carbons (Fsp3) is 0.143. The minimum absolute atomic E-state index is 0.426. The summed E-state index contributed by atoms with van der Waals surface area (Å²) in [6.07, 6.45) is 0. The maximum Gasteiger partial charge on any atom is 0.647 e. The SMILES string of the molecule is Cc1cccc(OP(=O)(Oc2ccccc2C)Oc2ccccc2C)c1. The molecule has 26 heavy (non-hydrogen) atoms. The van der Waals surface area contributed by atoms with E-state index in [1.54, 1.807) is 24.3 Å². The van der Waals surface area contributed by atoms with Gasteiger partial charge in [0.25, 0.3) is 0 Å². The van der Waals surface area contributed by atoms with Gasteiger partial charge in [0.1, 0.15) is 17.2 Å². The molecule has 5 heteroatoms. The number of phosphoric acid groups is 1. The Morgan fingerprint density at radius 1 is 0.654 bits per heavy atom. The number of phosphoric ester groups is 1. The van der Waals surface area contributed by atoms with Gasteiger partial charge in [-0.05, 0) is 61.7 Å². The lowest BCUT2D eigenvalue weighted by molar-refractivity contribution is 0.297. The van der Waals surface area contributed by atoms with Gasteiger partial charge < -0.3 is 13.6 Å². The third-order valence-electron chi connectivity index (χ3n) is 3.81. The van der Waals surface area contributed by atoms with E-state index in [1.807, 2.05) is 69.3 Å². The molecule has 3 aromatic rings. The minimum Gasteiger partial charge on any atom is -0.386 e. The van der Waals surface area contributed by atoms with E-state index in [0.29, 0.717) is 17.2 Å². The number of para-hydroxylation sites is 2. The van der Waals surface area contributed by atoms with Gasteiger partial charge in [0, 0.05) is 0 Å². The lowest BCUT2D eigenvalue weighted by atomic mass is 10.2. The number of rotatable bonds is 6. The molecule has 0 N–H and O–H groups in total. The molecular weight excluding hydrogens is 347 g/mol. The normalized spacial score (nSPS) is 11.0. The molecule has 0 unspecified atom stereocenters. The zero-order chi connectivity index (χ0) is 18.6. The molecule has 3 aromatic carbocycles. The first-order valence-electron chi connectivity index (χ1n) is 8.32. The Balaban J connectivity index is 1.96. The van der Waals surface area contributed by atoms with E-state index in [0.717, 1.165) is 16.7 Å². The Bertz CT molecular complexity index is 901. The first-order chi connectivity index (χ1) is 12.5. The van der Waals surface area contributed by atoms with Gasteiger partial charge in [-0.15, -0.1) is 0 Å². The van der Waals surface area contributed by atoms with Gasteiger partial charge in [-0.3, -0.25) is 0 Å². The van der Waals surface area contributed by atoms with Crippen LogP contribution in [0.15, 0.2) is 72.8 Å². The molecule has 134 valence electrons. The fourth-order valence-electron chi connectivity index (χ4n) is 2.42. The highest BCUT2D eigenvalue weighted by Gasteiger charge is 2.34. The van der Waals surface area contributed by atoms with Crippen LogP contribution in [0.5, 0.6) is 17.2 Å². The van der Waals surface area contributed by atoms with E-state index >= 15 is 0 Å². The van der Waals surface area contributed by atoms with Gasteiger partial charge in [-0.2, -0.15) is 4.57 Å². The van der Waals surface area contributed by atoms with Gasteiger partial charge in [0.2, 0.25) is 0 Å². The third-order valence-corrected chi connectivity index (χ3v) is 5.09. The van der Waals surface area contributed by atoms with E-state index in [1.165, 1.54) is 0 Å². The third kappa shape index (κ3) is 4.47. The number of aryl methyl sites for hydroxylation is 3. The van der Waals surface area contributed by atoms with Crippen LogP contribution in [-0.2, 0) is 4.57 Å². The summed E-state index contributed by atoms with van der Waals surface area (Å²) in [6, 6.07) is 21.9. The average molecular weight is 368 g/mol. The highest BCUT2D eigenvalue weighted by Crippen LogP contribution is 2.50. The van der Waals surface area contributed by atoms with Crippen LogP contribution in [0.3, 0.4) is 0 Å². The molecule has 0 spiro atoms. The van der Waals surface area contributed by atoms with Crippen molar-refractivity contribution in [2.24, 2.45) is 0 Å². The largest absolute Gasteiger partial charge is 0.647 e.